The van der Waals surface area contributed by atoms with E-state index in [1.165, 1.54) is 6.33 Å². The van der Waals surface area contributed by atoms with Gasteiger partial charge >= 0.3 is 0 Å². The van der Waals surface area contributed by atoms with Crippen LogP contribution in [0.4, 0.5) is 17.2 Å². The summed E-state index contributed by atoms with van der Waals surface area (Å²) in [4.78, 5) is 7.79. The maximum Gasteiger partial charge on any atom is 0.158 e. The Morgan fingerprint density at radius 3 is 2.81 bits per heavy atom. The lowest BCUT2D eigenvalue weighted by atomic mass is 10.4. The fraction of sp³-hybridized carbons (Fsp3) is 0.222. The molecule has 2 rings (SSSR count). The molecule has 0 atom stereocenters. The van der Waals surface area contributed by atoms with E-state index in [2.05, 4.69) is 20.4 Å². The average molecular weight is 239 g/mol. The summed E-state index contributed by atoms with van der Waals surface area (Å²) in [5, 5.41) is 7.49. The van der Waals surface area contributed by atoms with Crippen LogP contribution in [0.5, 0.6) is 0 Å². The van der Waals surface area contributed by atoms with E-state index in [-0.39, 0.29) is 5.15 Å². The molecule has 0 unspecified atom stereocenters. The Labute approximate surface area is 97.5 Å². The van der Waals surface area contributed by atoms with Crippen molar-refractivity contribution >= 4 is 28.8 Å². The van der Waals surface area contributed by atoms with Gasteiger partial charge in [-0.1, -0.05) is 11.6 Å². The molecule has 0 aliphatic rings. The molecule has 84 valence electrons. The van der Waals surface area contributed by atoms with Gasteiger partial charge in [0.1, 0.15) is 12.0 Å². The Morgan fingerprint density at radius 2 is 2.19 bits per heavy atom. The van der Waals surface area contributed by atoms with Gasteiger partial charge in [-0.3, -0.25) is 4.68 Å². The number of nitrogens with one attached hydrogen (secondary N) is 1. The van der Waals surface area contributed by atoms with Crippen LogP contribution in [0.15, 0.2) is 12.5 Å². The number of nitrogens with zero attached hydrogens (tertiary/aromatic N) is 4. The lowest BCUT2D eigenvalue weighted by molar-refractivity contribution is 0.756. The van der Waals surface area contributed by atoms with E-state index in [0.717, 1.165) is 11.4 Å². The van der Waals surface area contributed by atoms with Gasteiger partial charge in [0, 0.05) is 13.2 Å². The number of nitrogen functional groups attached to an aromatic ring is 1. The fourth-order valence-corrected chi connectivity index (χ4v) is 1.46. The Morgan fingerprint density at radius 1 is 1.44 bits per heavy atom. The van der Waals surface area contributed by atoms with E-state index in [1.54, 1.807) is 4.68 Å². The molecule has 2 aromatic heterocycles. The third-order valence-electron chi connectivity index (χ3n) is 2.10. The predicted molar refractivity (Wildman–Crippen MR) is 62.7 cm³/mol. The van der Waals surface area contributed by atoms with Gasteiger partial charge in [0.05, 0.1) is 11.4 Å². The number of anilines is 3. The van der Waals surface area contributed by atoms with E-state index in [9.17, 15) is 0 Å². The van der Waals surface area contributed by atoms with Crippen LogP contribution in [0, 0.1) is 6.92 Å². The molecule has 3 N–H and O–H groups in total. The summed E-state index contributed by atoms with van der Waals surface area (Å²) in [6.07, 6.45) is 3.19. The summed E-state index contributed by atoms with van der Waals surface area (Å²) >= 11 is 5.79. The highest BCUT2D eigenvalue weighted by atomic mass is 35.5. The second-order valence-corrected chi connectivity index (χ2v) is 3.71. The van der Waals surface area contributed by atoms with Crippen molar-refractivity contribution in [2.24, 2.45) is 7.05 Å². The zero-order valence-electron chi connectivity index (χ0n) is 8.90. The highest BCUT2D eigenvalue weighted by Crippen LogP contribution is 2.26. The quantitative estimate of drug-likeness (QED) is 0.775. The average Bonchev–Trinajstić information content (AvgIpc) is 2.53. The van der Waals surface area contributed by atoms with Gasteiger partial charge < -0.3 is 11.1 Å². The fourth-order valence-electron chi connectivity index (χ4n) is 1.32. The van der Waals surface area contributed by atoms with Gasteiger partial charge in [-0.25, -0.2) is 9.97 Å². The molecule has 2 heterocycles. The molecule has 0 saturated carbocycles. The Hall–Kier alpha value is -1.82. The van der Waals surface area contributed by atoms with E-state index in [4.69, 9.17) is 17.3 Å². The lowest BCUT2D eigenvalue weighted by Crippen LogP contribution is -2.01. The number of hydrogen-bond donors (Lipinski definition) is 2. The van der Waals surface area contributed by atoms with Crippen molar-refractivity contribution in [3.05, 3.63) is 23.4 Å². The zero-order valence-corrected chi connectivity index (χ0v) is 9.65. The normalized spacial score (nSPS) is 10.4. The molecular formula is C9H11ClN6. The van der Waals surface area contributed by atoms with Crippen LogP contribution in [-0.2, 0) is 7.05 Å². The van der Waals surface area contributed by atoms with Crippen LogP contribution in [0.3, 0.4) is 0 Å². The highest BCUT2D eigenvalue weighted by Gasteiger charge is 2.09. The summed E-state index contributed by atoms with van der Waals surface area (Å²) in [7, 11) is 1.84. The molecule has 16 heavy (non-hydrogen) atoms. The van der Waals surface area contributed by atoms with Gasteiger partial charge in [0.15, 0.2) is 11.0 Å². The second kappa shape index (κ2) is 3.97. The summed E-state index contributed by atoms with van der Waals surface area (Å²) < 4.78 is 1.71. The first-order valence-corrected chi connectivity index (χ1v) is 4.99. The molecule has 0 amide bonds. The molecule has 0 aromatic carbocycles. The Kier molecular flexibility index (Phi) is 2.66. The van der Waals surface area contributed by atoms with Crippen LogP contribution in [0.2, 0.25) is 5.15 Å². The van der Waals surface area contributed by atoms with Gasteiger partial charge in [0.25, 0.3) is 0 Å². The molecule has 0 saturated heterocycles. The van der Waals surface area contributed by atoms with Crippen LogP contribution in [-0.4, -0.2) is 19.7 Å². The largest absolute Gasteiger partial charge is 0.393 e. The van der Waals surface area contributed by atoms with Crippen molar-refractivity contribution < 1.29 is 0 Å². The number of hydrogen-bond acceptors (Lipinski definition) is 5. The molecule has 0 bridgehead atoms. The van der Waals surface area contributed by atoms with E-state index >= 15 is 0 Å². The number of rotatable bonds is 2. The van der Waals surface area contributed by atoms with Crippen molar-refractivity contribution in [3.63, 3.8) is 0 Å². The van der Waals surface area contributed by atoms with E-state index < -0.39 is 0 Å². The van der Waals surface area contributed by atoms with E-state index in [1.807, 2.05) is 20.2 Å². The molecule has 0 radical (unpaired) electrons. The lowest BCUT2D eigenvalue weighted by Gasteiger charge is -2.06. The number of halogens is 1. The van der Waals surface area contributed by atoms with Crippen molar-refractivity contribution in [1.82, 2.24) is 19.7 Å². The highest BCUT2D eigenvalue weighted by molar-refractivity contribution is 6.32. The summed E-state index contributed by atoms with van der Waals surface area (Å²) in [6.45, 7) is 1.89. The third-order valence-corrected chi connectivity index (χ3v) is 2.40. The standard InChI is InChI=1S/C9H11ClN6/c1-5-6(3-16(2)15-5)14-9-7(11)8(10)12-4-13-9/h3-4H,11H2,1-2H3,(H,12,13,14). The monoisotopic (exact) mass is 238 g/mol. The first-order valence-electron chi connectivity index (χ1n) is 4.61. The second-order valence-electron chi connectivity index (χ2n) is 3.35. The smallest absolute Gasteiger partial charge is 0.158 e. The summed E-state index contributed by atoms with van der Waals surface area (Å²) in [5.74, 6) is 0.483. The maximum atomic E-state index is 5.79. The van der Waals surface area contributed by atoms with E-state index in [0.29, 0.717) is 11.5 Å². The third kappa shape index (κ3) is 1.92. The number of aryl methyl sites for hydroxylation is 2. The summed E-state index contributed by atoms with van der Waals surface area (Å²) in [6, 6.07) is 0. The minimum atomic E-state index is 0.235. The van der Waals surface area contributed by atoms with Crippen LogP contribution in [0.1, 0.15) is 5.69 Å². The zero-order chi connectivity index (χ0) is 11.7. The van der Waals surface area contributed by atoms with Crippen molar-refractivity contribution in [2.75, 3.05) is 11.1 Å². The van der Waals surface area contributed by atoms with Crippen molar-refractivity contribution in [1.29, 1.82) is 0 Å². The minimum absolute atomic E-state index is 0.235. The molecule has 0 fully saturated rings. The van der Waals surface area contributed by atoms with Crippen LogP contribution in [0.25, 0.3) is 0 Å². The topological polar surface area (TPSA) is 81.7 Å². The van der Waals surface area contributed by atoms with Crippen molar-refractivity contribution in [3.8, 4) is 0 Å². The summed E-state index contributed by atoms with van der Waals surface area (Å²) in [5.41, 5.74) is 7.76. The SMILES string of the molecule is Cc1nn(C)cc1Nc1ncnc(Cl)c1N. The molecular weight excluding hydrogens is 228 g/mol. The number of aromatic nitrogens is 4. The van der Waals surface area contributed by atoms with Crippen molar-refractivity contribution in [2.45, 2.75) is 6.92 Å². The molecule has 7 heteroatoms. The predicted octanol–water partition coefficient (Wildman–Crippen LogP) is 1.50. The van der Waals surface area contributed by atoms with Gasteiger partial charge in [-0.05, 0) is 6.92 Å². The molecule has 2 aromatic rings. The first kappa shape index (κ1) is 10.7. The minimum Gasteiger partial charge on any atom is -0.393 e. The number of nitrogens with two attached hydrogens (primary N) is 1. The maximum absolute atomic E-state index is 5.79. The van der Waals surface area contributed by atoms with Gasteiger partial charge in [-0.15, -0.1) is 0 Å². The molecule has 0 spiro atoms. The Bertz CT molecular complexity index is 521. The van der Waals surface area contributed by atoms with Gasteiger partial charge in [-0.2, -0.15) is 5.10 Å². The first-order chi connectivity index (χ1) is 7.58. The van der Waals surface area contributed by atoms with Crippen LogP contribution < -0.4 is 11.1 Å². The van der Waals surface area contributed by atoms with Gasteiger partial charge in [0.2, 0.25) is 0 Å². The molecule has 0 aliphatic heterocycles. The molecule has 6 nitrogen and oxygen atoms in total. The van der Waals surface area contributed by atoms with Crippen LogP contribution >= 0.6 is 11.6 Å². The Balaban J connectivity index is 2.34. The molecule has 0 aliphatic carbocycles.